The SMILES string of the molecule is CCOc1ccc(S(=O)(=O)N[C@H](Cc2ccccc2)C(=O)Nc2cccc(SC)c2)cc1Cl. The minimum Gasteiger partial charge on any atom is -0.492 e. The quantitative estimate of drug-likeness (QED) is 0.380. The molecular formula is C24H25ClN2O4S2. The fraction of sp³-hybridized carbons (Fsp3) is 0.208. The molecule has 6 nitrogen and oxygen atoms in total. The van der Waals surface area contributed by atoms with Crippen molar-refractivity contribution < 1.29 is 17.9 Å². The number of anilines is 1. The van der Waals surface area contributed by atoms with E-state index >= 15 is 0 Å². The first-order valence-corrected chi connectivity index (χ1v) is 13.3. The Morgan fingerprint density at radius 1 is 1.06 bits per heavy atom. The number of nitrogens with one attached hydrogen (secondary N) is 2. The number of hydrogen-bond acceptors (Lipinski definition) is 5. The van der Waals surface area contributed by atoms with Gasteiger partial charge >= 0.3 is 0 Å². The Kier molecular flexibility index (Phi) is 8.80. The molecule has 0 aliphatic rings. The highest BCUT2D eigenvalue weighted by molar-refractivity contribution is 7.98. The maximum atomic E-state index is 13.1. The Morgan fingerprint density at radius 3 is 2.48 bits per heavy atom. The third-order valence-corrected chi connectivity index (χ3v) is 7.24. The first-order valence-electron chi connectivity index (χ1n) is 10.3. The molecule has 0 radical (unpaired) electrons. The van der Waals surface area contributed by atoms with Gasteiger partial charge in [-0.15, -0.1) is 11.8 Å². The van der Waals surface area contributed by atoms with Gasteiger partial charge in [-0.2, -0.15) is 4.72 Å². The Labute approximate surface area is 203 Å². The third kappa shape index (κ3) is 6.98. The molecule has 174 valence electrons. The number of ether oxygens (including phenoxy) is 1. The average Bonchev–Trinajstić information content (AvgIpc) is 2.80. The number of sulfonamides is 1. The van der Waals surface area contributed by atoms with Gasteiger partial charge in [-0.3, -0.25) is 4.79 Å². The number of carbonyl (C=O) groups excluding carboxylic acids is 1. The number of halogens is 1. The highest BCUT2D eigenvalue weighted by atomic mass is 35.5. The summed E-state index contributed by atoms with van der Waals surface area (Å²) in [5.74, 6) is -0.0666. The zero-order valence-corrected chi connectivity index (χ0v) is 20.6. The molecule has 1 atom stereocenters. The second kappa shape index (κ2) is 11.6. The predicted octanol–water partition coefficient (Wildman–Crippen LogP) is 4.99. The highest BCUT2D eigenvalue weighted by Crippen LogP contribution is 2.27. The molecule has 0 aliphatic carbocycles. The molecule has 0 saturated heterocycles. The Balaban J connectivity index is 1.87. The van der Waals surface area contributed by atoms with Crippen molar-refractivity contribution >= 4 is 45.0 Å². The van der Waals surface area contributed by atoms with Crippen LogP contribution in [0.3, 0.4) is 0 Å². The van der Waals surface area contributed by atoms with E-state index in [2.05, 4.69) is 10.0 Å². The Hall–Kier alpha value is -2.52. The van der Waals surface area contributed by atoms with Crippen LogP contribution in [-0.2, 0) is 21.2 Å². The van der Waals surface area contributed by atoms with E-state index in [1.807, 2.05) is 61.7 Å². The average molecular weight is 505 g/mol. The molecule has 0 aromatic heterocycles. The molecule has 33 heavy (non-hydrogen) atoms. The van der Waals surface area contributed by atoms with E-state index in [4.69, 9.17) is 16.3 Å². The molecule has 0 aliphatic heterocycles. The van der Waals surface area contributed by atoms with E-state index in [0.29, 0.717) is 18.0 Å². The fourth-order valence-corrected chi connectivity index (χ4v) is 5.12. The number of hydrogen-bond donors (Lipinski definition) is 2. The number of rotatable bonds is 10. The molecule has 0 saturated carbocycles. The van der Waals surface area contributed by atoms with Crippen LogP contribution in [0.15, 0.2) is 82.6 Å². The minimum absolute atomic E-state index is 0.0498. The van der Waals surface area contributed by atoms with E-state index < -0.39 is 22.0 Å². The second-order valence-electron chi connectivity index (χ2n) is 7.11. The summed E-state index contributed by atoms with van der Waals surface area (Å²) in [6, 6.07) is 19.8. The van der Waals surface area contributed by atoms with Crippen molar-refractivity contribution in [3.8, 4) is 5.75 Å². The first-order chi connectivity index (χ1) is 15.8. The van der Waals surface area contributed by atoms with Crippen LogP contribution in [0.5, 0.6) is 5.75 Å². The summed E-state index contributed by atoms with van der Waals surface area (Å²) in [4.78, 5) is 14.1. The maximum Gasteiger partial charge on any atom is 0.242 e. The monoisotopic (exact) mass is 504 g/mol. The van der Waals surface area contributed by atoms with Crippen LogP contribution in [0.1, 0.15) is 12.5 Å². The minimum atomic E-state index is -4.04. The predicted molar refractivity (Wildman–Crippen MR) is 134 cm³/mol. The van der Waals surface area contributed by atoms with Crippen molar-refractivity contribution in [3.63, 3.8) is 0 Å². The van der Waals surface area contributed by atoms with Gasteiger partial charge in [-0.1, -0.05) is 48.0 Å². The summed E-state index contributed by atoms with van der Waals surface area (Å²) in [5, 5.41) is 3.00. The maximum absolute atomic E-state index is 13.1. The van der Waals surface area contributed by atoms with Gasteiger partial charge in [0.1, 0.15) is 11.8 Å². The summed E-state index contributed by atoms with van der Waals surface area (Å²) >= 11 is 7.73. The number of benzene rings is 3. The largest absolute Gasteiger partial charge is 0.492 e. The van der Waals surface area contributed by atoms with Gasteiger partial charge in [0.25, 0.3) is 0 Å². The fourth-order valence-electron chi connectivity index (χ4n) is 3.14. The van der Waals surface area contributed by atoms with Crippen molar-refractivity contribution in [1.29, 1.82) is 0 Å². The Morgan fingerprint density at radius 2 is 1.82 bits per heavy atom. The van der Waals surface area contributed by atoms with Crippen molar-refractivity contribution in [2.75, 3.05) is 18.2 Å². The van der Waals surface area contributed by atoms with E-state index in [-0.39, 0.29) is 16.3 Å². The van der Waals surface area contributed by atoms with Gasteiger partial charge < -0.3 is 10.1 Å². The van der Waals surface area contributed by atoms with Crippen LogP contribution < -0.4 is 14.8 Å². The van der Waals surface area contributed by atoms with Gasteiger partial charge in [-0.25, -0.2) is 8.42 Å². The smallest absolute Gasteiger partial charge is 0.242 e. The summed E-state index contributed by atoms with van der Waals surface area (Å²) < 4.78 is 34.2. The van der Waals surface area contributed by atoms with Gasteiger partial charge in [0.05, 0.1) is 16.5 Å². The molecule has 0 bridgehead atoms. The van der Waals surface area contributed by atoms with Crippen molar-refractivity contribution in [2.45, 2.75) is 29.2 Å². The molecule has 2 N–H and O–H groups in total. The zero-order valence-electron chi connectivity index (χ0n) is 18.2. The van der Waals surface area contributed by atoms with Gasteiger partial charge in [0.2, 0.25) is 15.9 Å². The van der Waals surface area contributed by atoms with Crippen molar-refractivity contribution in [1.82, 2.24) is 4.72 Å². The zero-order chi connectivity index (χ0) is 23.8. The molecule has 0 unspecified atom stereocenters. The number of carbonyl (C=O) groups is 1. The standard InChI is InChI=1S/C24H25ClN2O4S2/c1-3-31-23-13-12-20(16-21(23)25)33(29,30)27-22(14-17-8-5-4-6-9-17)24(28)26-18-10-7-11-19(15-18)32-2/h4-13,15-16,22,27H,3,14H2,1-2H3,(H,26,28)/t22-/m1/s1. The summed E-state index contributed by atoms with van der Waals surface area (Å²) in [7, 11) is -4.04. The van der Waals surface area contributed by atoms with Crippen molar-refractivity contribution in [3.05, 3.63) is 83.4 Å². The molecule has 0 fully saturated rings. The van der Waals surface area contributed by atoms with Gasteiger partial charge in [0, 0.05) is 10.6 Å². The topological polar surface area (TPSA) is 84.5 Å². The number of thioether (sulfide) groups is 1. The molecular weight excluding hydrogens is 480 g/mol. The van der Waals surface area contributed by atoms with Gasteiger partial charge in [-0.05, 0) is 61.6 Å². The van der Waals surface area contributed by atoms with Crippen LogP contribution in [0, 0.1) is 0 Å². The van der Waals surface area contributed by atoms with Crippen LogP contribution in [-0.4, -0.2) is 33.2 Å². The van der Waals surface area contributed by atoms with Gasteiger partial charge in [0.15, 0.2) is 0 Å². The number of amides is 1. The van der Waals surface area contributed by atoms with Crippen molar-refractivity contribution in [2.24, 2.45) is 0 Å². The summed E-state index contributed by atoms with van der Waals surface area (Å²) in [5.41, 5.74) is 1.41. The normalized spacial score (nSPS) is 12.2. The van der Waals surface area contributed by atoms with Crippen LogP contribution >= 0.6 is 23.4 Å². The summed E-state index contributed by atoms with van der Waals surface area (Å²) in [6.45, 7) is 2.21. The van der Waals surface area contributed by atoms with Crippen LogP contribution in [0.25, 0.3) is 0 Å². The first kappa shape index (κ1) is 25.1. The second-order valence-corrected chi connectivity index (χ2v) is 10.1. The van der Waals surface area contributed by atoms with Crippen LogP contribution in [0.4, 0.5) is 5.69 Å². The lowest BCUT2D eigenvalue weighted by molar-refractivity contribution is -0.117. The van der Waals surface area contributed by atoms with E-state index in [9.17, 15) is 13.2 Å². The Bertz CT molecular complexity index is 1200. The molecule has 3 aromatic carbocycles. The van der Waals surface area contributed by atoms with Crippen LogP contribution in [0.2, 0.25) is 5.02 Å². The van der Waals surface area contributed by atoms with E-state index in [1.165, 1.54) is 18.2 Å². The molecule has 3 rings (SSSR count). The van der Waals surface area contributed by atoms with E-state index in [0.717, 1.165) is 10.5 Å². The molecule has 1 amide bonds. The lowest BCUT2D eigenvalue weighted by Crippen LogP contribution is -2.45. The lowest BCUT2D eigenvalue weighted by Gasteiger charge is -2.19. The van der Waals surface area contributed by atoms with E-state index in [1.54, 1.807) is 17.8 Å². The molecule has 0 spiro atoms. The summed E-state index contributed by atoms with van der Waals surface area (Å²) in [6.07, 6.45) is 2.12. The molecule has 3 aromatic rings. The molecule has 0 heterocycles. The molecule has 9 heteroatoms. The third-order valence-electron chi connectivity index (χ3n) is 4.75. The highest BCUT2D eigenvalue weighted by Gasteiger charge is 2.27. The lowest BCUT2D eigenvalue weighted by atomic mass is 10.1.